The zero-order valence-corrected chi connectivity index (χ0v) is 14.0. The molecule has 2 atom stereocenters. The molecule has 0 radical (unpaired) electrons. The summed E-state index contributed by atoms with van der Waals surface area (Å²) in [5.74, 6) is -2.46. The van der Waals surface area contributed by atoms with Gasteiger partial charge in [0, 0.05) is 29.9 Å². The number of hydrogen-bond donors (Lipinski definition) is 0. The van der Waals surface area contributed by atoms with Gasteiger partial charge in [-0.2, -0.15) is 0 Å². The summed E-state index contributed by atoms with van der Waals surface area (Å²) in [7, 11) is 2.99. The number of hydrogen-bond acceptors (Lipinski definition) is 3. The van der Waals surface area contributed by atoms with Crippen LogP contribution in [0.3, 0.4) is 0 Å². The van der Waals surface area contributed by atoms with Gasteiger partial charge >= 0.3 is 0 Å². The first-order chi connectivity index (χ1) is 12.0. The van der Waals surface area contributed by atoms with E-state index in [1.807, 2.05) is 0 Å². The van der Waals surface area contributed by atoms with Crippen molar-refractivity contribution in [1.29, 1.82) is 0 Å². The van der Waals surface area contributed by atoms with Gasteiger partial charge in [0.1, 0.15) is 11.6 Å². The third kappa shape index (κ3) is 3.50. The SMILES string of the molecule is COc1ccc(-c2ccc(C3CCC(OC)CO3)c(F)c2F)c(F)c1. The summed E-state index contributed by atoms with van der Waals surface area (Å²) < 4.78 is 59.0. The van der Waals surface area contributed by atoms with Crippen LogP contribution in [0.25, 0.3) is 11.1 Å². The second-order valence-electron chi connectivity index (χ2n) is 5.93. The average molecular weight is 352 g/mol. The predicted octanol–water partition coefficient (Wildman–Crippen LogP) is 4.65. The molecule has 1 fully saturated rings. The van der Waals surface area contributed by atoms with E-state index in [1.54, 1.807) is 7.11 Å². The van der Waals surface area contributed by atoms with Gasteiger partial charge in [-0.3, -0.25) is 0 Å². The smallest absolute Gasteiger partial charge is 0.167 e. The lowest BCUT2D eigenvalue weighted by Crippen LogP contribution is -2.27. The highest BCUT2D eigenvalue weighted by Crippen LogP contribution is 2.35. The Kier molecular flexibility index (Phi) is 5.30. The molecular weight excluding hydrogens is 333 g/mol. The van der Waals surface area contributed by atoms with Crippen molar-refractivity contribution in [3.8, 4) is 16.9 Å². The molecule has 6 heteroatoms. The minimum atomic E-state index is -1.08. The van der Waals surface area contributed by atoms with Crippen molar-refractivity contribution >= 4 is 0 Å². The van der Waals surface area contributed by atoms with E-state index in [9.17, 15) is 13.2 Å². The van der Waals surface area contributed by atoms with Crippen molar-refractivity contribution in [3.63, 3.8) is 0 Å². The number of rotatable bonds is 4. The van der Waals surface area contributed by atoms with Gasteiger partial charge in [0.25, 0.3) is 0 Å². The Labute approximate surface area is 144 Å². The van der Waals surface area contributed by atoms with Crippen LogP contribution in [0.5, 0.6) is 5.75 Å². The summed E-state index contributed by atoms with van der Waals surface area (Å²) in [6.07, 6.45) is 0.676. The van der Waals surface area contributed by atoms with Crippen molar-refractivity contribution in [3.05, 3.63) is 53.3 Å². The number of ether oxygens (including phenoxy) is 3. The molecule has 3 rings (SSSR count). The summed E-state index contributed by atoms with van der Waals surface area (Å²) in [5.41, 5.74) is -0.00976. The number of methoxy groups -OCH3 is 2. The molecule has 0 aliphatic carbocycles. The highest BCUT2D eigenvalue weighted by Gasteiger charge is 2.27. The Bertz CT molecular complexity index is 756. The summed E-state index contributed by atoms with van der Waals surface area (Å²) >= 11 is 0. The molecule has 25 heavy (non-hydrogen) atoms. The van der Waals surface area contributed by atoms with Gasteiger partial charge in [0.05, 0.1) is 25.9 Å². The molecule has 134 valence electrons. The van der Waals surface area contributed by atoms with Crippen LogP contribution in [0, 0.1) is 17.5 Å². The van der Waals surface area contributed by atoms with Gasteiger partial charge in [-0.15, -0.1) is 0 Å². The van der Waals surface area contributed by atoms with Crippen LogP contribution in [0.15, 0.2) is 30.3 Å². The second kappa shape index (κ2) is 7.45. The molecular formula is C19H19F3O3. The minimum absolute atomic E-state index is 0.0206. The fourth-order valence-corrected chi connectivity index (χ4v) is 3.02. The second-order valence-corrected chi connectivity index (χ2v) is 5.93. The minimum Gasteiger partial charge on any atom is -0.497 e. The quantitative estimate of drug-likeness (QED) is 0.802. The van der Waals surface area contributed by atoms with Crippen LogP contribution < -0.4 is 4.74 Å². The summed E-state index contributed by atoms with van der Waals surface area (Å²) in [4.78, 5) is 0. The van der Waals surface area contributed by atoms with Crippen molar-refractivity contribution in [1.82, 2.24) is 0 Å². The normalized spacial score (nSPS) is 20.5. The van der Waals surface area contributed by atoms with Crippen molar-refractivity contribution < 1.29 is 27.4 Å². The zero-order valence-electron chi connectivity index (χ0n) is 14.0. The molecule has 0 spiro atoms. The maximum absolute atomic E-state index is 14.6. The lowest BCUT2D eigenvalue weighted by Gasteiger charge is -2.28. The first-order valence-corrected chi connectivity index (χ1v) is 8.01. The third-order valence-corrected chi connectivity index (χ3v) is 4.49. The van der Waals surface area contributed by atoms with E-state index in [0.29, 0.717) is 25.2 Å². The summed E-state index contributed by atoms with van der Waals surface area (Å²) in [6, 6.07) is 6.83. The monoisotopic (exact) mass is 352 g/mol. The van der Waals surface area contributed by atoms with E-state index in [-0.39, 0.29) is 22.8 Å². The van der Waals surface area contributed by atoms with E-state index in [2.05, 4.69) is 0 Å². The predicted molar refractivity (Wildman–Crippen MR) is 87.0 cm³/mol. The van der Waals surface area contributed by atoms with Gasteiger partial charge in [-0.1, -0.05) is 12.1 Å². The Morgan fingerprint density at radius 2 is 1.72 bits per heavy atom. The summed E-state index contributed by atoms with van der Waals surface area (Å²) in [5, 5.41) is 0. The molecule has 0 bridgehead atoms. The fourth-order valence-electron chi connectivity index (χ4n) is 3.02. The lowest BCUT2D eigenvalue weighted by molar-refractivity contribution is -0.0736. The van der Waals surface area contributed by atoms with E-state index in [0.717, 1.165) is 6.07 Å². The van der Waals surface area contributed by atoms with Crippen LogP contribution in [-0.2, 0) is 9.47 Å². The molecule has 2 aromatic rings. The Morgan fingerprint density at radius 1 is 0.960 bits per heavy atom. The Balaban J connectivity index is 1.91. The molecule has 1 heterocycles. The van der Waals surface area contributed by atoms with Crippen molar-refractivity contribution in [2.45, 2.75) is 25.0 Å². The van der Waals surface area contributed by atoms with Crippen molar-refractivity contribution in [2.75, 3.05) is 20.8 Å². The molecule has 2 unspecified atom stereocenters. The Hall–Kier alpha value is -2.05. The molecule has 1 aliphatic rings. The van der Waals surface area contributed by atoms with Crippen LogP contribution in [0.2, 0.25) is 0 Å². The van der Waals surface area contributed by atoms with E-state index in [4.69, 9.17) is 14.2 Å². The van der Waals surface area contributed by atoms with Gasteiger partial charge in [-0.05, 0) is 25.0 Å². The topological polar surface area (TPSA) is 27.7 Å². The maximum atomic E-state index is 14.6. The van der Waals surface area contributed by atoms with Crippen LogP contribution in [0.4, 0.5) is 13.2 Å². The average Bonchev–Trinajstić information content (AvgIpc) is 2.64. The summed E-state index contributed by atoms with van der Waals surface area (Å²) in [6.45, 7) is 0.330. The molecule has 0 aromatic heterocycles. The Morgan fingerprint density at radius 3 is 2.32 bits per heavy atom. The molecule has 0 saturated carbocycles. The third-order valence-electron chi connectivity index (χ3n) is 4.49. The maximum Gasteiger partial charge on any atom is 0.167 e. The van der Waals surface area contributed by atoms with Gasteiger partial charge in [0.2, 0.25) is 0 Å². The number of benzene rings is 2. The van der Waals surface area contributed by atoms with Crippen molar-refractivity contribution in [2.24, 2.45) is 0 Å². The molecule has 3 nitrogen and oxygen atoms in total. The van der Waals surface area contributed by atoms with E-state index >= 15 is 0 Å². The van der Waals surface area contributed by atoms with E-state index in [1.165, 1.54) is 31.4 Å². The highest BCUT2D eigenvalue weighted by atomic mass is 19.2. The first-order valence-electron chi connectivity index (χ1n) is 8.01. The molecule has 2 aromatic carbocycles. The fraction of sp³-hybridized carbons (Fsp3) is 0.368. The molecule has 0 N–H and O–H groups in total. The van der Waals surface area contributed by atoms with Gasteiger partial charge in [-0.25, -0.2) is 13.2 Å². The largest absolute Gasteiger partial charge is 0.497 e. The molecule has 1 saturated heterocycles. The van der Waals surface area contributed by atoms with Crippen LogP contribution in [-0.4, -0.2) is 26.9 Å². The zero-order chi connectivity index (χ0) is 18.0. The molecule has 1 aliphatic heterocycles. The lowest BCUT2D eigenvalue weighted by atomic mass is 9.96. The standard InChI is InChI=1S/C19H19F3O3/c1-23-11-3-5-13(16(20)9-11)14-6-7-15(19(22)18(14)21)17-8-4-12(24-2)10-25-17/h3,5-7,9,12,17H,4,8,10H2,1-2H3. The van der Waals surface area contributed by atoms with Gasteiger partial charge < -0.3 is 14.2 Å². The van der Waals surface area contributed by atoms with Crippen LogP contribution >= 0.6 is 0 Å². The molecule has 0 amide bonds. The van der Waals surface area contributed by atoms with Crippen LogP contribution in [0.1, 0.15) is 24.5 Å². The first kappa shape index (κ1) is 17.8. The highest BCUT2D eigenvalue weighted by molar-refractivity contribution is 5.66. The van der Waals surface area contributed by atoms with E-state index < -0.39 is 23.6 Å². The number of halogens is 3. The van der Waals surface area contributed by atoms with Gasteiger partial charge in [0.15, 0.2) is 11.6 Å².